The van der Waals surface area contributed by atoms with E-state index in [1.165, 1.54) is 11.9 Å². The molecular formula is C22H30N4O3S. The lowest BCUT2D eigenvalue weighted by atomic mass is 10.2. The monoisotopic (exact) mass is 430 g/mol. The van der Waals surface area contributed by atoms with Crippen molar-refractivity contribution < 1.29 is 13.2 Å². The van der Waals surface area contributed by atoms with Gasteiger partial charge < -0.3 is 19.9 Å². The molecule has 1 N–H and O–H groups in total. The van der Waals surface area contributed by atoms with Gasteiger partial charge in [-0.3, -0.25) is 0 Å². The Morgan fingerprint density at radius 2 is 1.67 bits per heavy atom. The molecular weight excluding hydrogens is 400 g/mol. The molecule has 0 atom stereocenters. The molecule has 0 spiro atoms. The number of hydrogen-bond acceptors (Lipinski definition) is 5. The maximum atomic E-state index is 11.6. The number of sulfone groups is 1. The normalized spacial score (nSPS) is 15.2. The fourth-order valence-electron chi connectivity index (χ4n) is 3.40. The van der Waals surface area contributed by atoms with E-state index >= 15 is 0 Å². The Bertz CT molecular complexity index is 949. The maximum Gasteiger partial charge on any atom is 0.194 e. The first kappa shape index (κ1) is 22.0. The number of anilines is 1. The molecule has 0 aromatic heterocycles. The zero-order valence-corrected chi connectivity index (χ0v) is 18.7. The van der Waals surface area contributed by atoms with Gasteiger partial charge in [0.15, 0.2) is 15.8 Å². The predicted octanol–water partition coefficient (Wildman–Crippen LogP) is 2.39. The van der Waals surface area contributed by atoms with E-state index in [0.717, 1.165) is 50.0 Å². The Hall–Kier alpha value is -2.74. The van der Waals surface area contributed by atoms with Crippen LogP contribution in [0.3, 0.4) is 0 Å². The first-order valence-electron chi connectivity index (χ1n) is 10.1. The van der Waals surface area contributed by atoms with Gasteiger partial charge >= 0.3 is 0 Å². The number of aliphatic imine (C=N–C) groups is 1. The lowest BCUT2D eigenvalue weighted by molar-refractivity contribution is 0.372. The Labute approximate surface area is 179 Å². The van der Waals surface area contributed by atoms with E-state index in [9.17, 15) is 8.42 Å². The number of ether oxygens (including phenoxy) is 1. The lowest BCUT2D eigenvalue weighted by Crippen LogP contribution is -2.52. The Morgan fingerprint density at radius 3 is 2.20 bits per heavy atom. The zero-order valence-electron chi connectivity index (χ0n) is 17.8. The van der Waals surface area contributed by atoms with Crippen molar-refractivity contribution in [3.05, 3.63) is 54.1 Å². The molecule has 3 rings (SSSR count). The molecule has 0 unspecified atom stereocenters. The van der Waals surface area contributed by atoms with Crippen molar-refractivity contribution in [1.29, 1.82) is 0 Å². The van der Waals surface area contributed by atoms with Gasteiger partial charge in [0, 0.05) is 44.7 Å². The molecule has 1 saturated heterocycles. The van der Waals surface area contributed by atoms with Gasteiger partial charge in [-0.05, 0) is 48.9 Å². The quantitative estimate of drug-likeness (QED) is 0.560. The molecule has 1 fully saturated rings. The van der Waals surface area contributed by atoms with E-state index in [1.807, 2.05) is 24.3 Å². The van der Waals surface area contributed by atoms with E-state index in [0.29, 0.717) is 11.4 Å². The summed E-state index contributed by atoms with van der Waals surface area (Å²) in [5.74, 6) is 1.75. The van der Waals surface area contributed by atoms with Crippen molar-refractivity contribution in [3.8, 4) is 5.75 Å². The van der Waals surface area contributed by atoms with Gasteiger partial charge in [-0.1, -0.05) is 12.1 Å². The van der Waals surface area contributed by atoms with Gasteiger partial charge in [0.05, 0.1) is 18.6 Å². The third-order valence-corrected chi connectivity index (χ3v) is 6.24. The molecule has 0 bridgehead atoms. The van der Waals surface area contributed by atoms with E-state index < -0.39 is 9.84 Å². The highest BCUT2D eigenvalue weighted by atomic mass is 32.2. The third-order valence-electron chi connectivity index (χ3n) is 5.11. The van der Waals surface area contributed by atoms with Crippen molar-refractivity contribution in [3.63, 3.8) is 0 Å². The van der Waals surface area contributed by atoms with Crippen molar-refractivity contribution in [2.45, 2.75) is 18.4 Å². The number of piperazine rings is 1. The van der Waals surface area contributed by atoms with Crippen LogP contribution in [-0.2, 0) is 16.4 Å². The average Bonchev–Trinajstić information content (AvgIpc) is 2.76. The second-order valence-corrected chi connectivity index (χ2v) is 9.27. The number of nitrogens with one attached hydrogen (secondary N) is 1. The van der Waals surface area contributed by atoms with Crippen LogP contribution in [0.5, 0.6) is 5.75 Å². The van der Waals surface area contributed by atoms with Crippen molar-refractivity contribution in [1.82, 2.24) is 10.2 Å². The fraction of sp³-hybridized carbons (Fsp3) is 0.409. The average molecular weight is 431 g/mol. The highest BCUT2D eigenvalue weighted by Crippen LogP contribution is 2.20. The first-order valence-corrected chi connectivity index (χ1v) is 12.0. The van der Waals surface area contributed by atoms with Gasteiger partial charge in [-0.15, -0.1) is 0 Å². The number of rotatable bonds is 6. The maximum absolute atomic E-state index is 11.6. The zero-order chi connectivity index (χ0) is 21.6. The first-order chi connectivity index (χ1) is 14.4. The SMILES string of the molecule is CCNC(=NCc1ccc(S(C)(=O)=O)cc1)N1CCN(c2ccc(OC)cc2)CC1. The fourth-order valence-corrected chi connectivity index (χ4v) is 4.03. The Kier molecular flexibility index (Phi) is 7.20. The molecule has 2 aromatic rings. The molecule has 1 aliphatic heterocycles. The highest BCUT2D eigenvalue weighted by molar-refractivity contribution is 7.90. The summed E-state index contributed by atoms with van der Waals surface area (Å²) in [5.41, 5.74) is 2.18. The van der Waals surface area contributed by atoms with Crippen LogP contribution >= 0.6 is 0 Å². The van der Waals surface area contributed by atoms with E-state index in [2.05, 4.69) is 34.2 Å². The predicted molar refractivity (Wildman–Crippen MR) is 121 cm³/mol. The van der Waals surface area contributed by atoms with E-state index in [4.69, 9.17) is 9.73 Å². The van der Waals surface area contributed by atoms with Crippen LogP contribution in [-0.4, -0.2) is 65.4 Å². The third kappa shape index (κ3) is 5.66. The van der Waals surface area contributed by atoms with E-state index in [-0.39, 0.29) is 0 Å². The standard InChI is InChI=1S/C22H30N4O3S/c1-4-23-22(24-17-18-5-11-21(12-6-18)30(3,27)28)26-15-13-25(14-16-26)19-7-9-20(29-2)10-8-19/h5-12H,4,13-17H2,1-3H3,(H,23,24). The van der Waals surface area contributed by atoms with Crippen LogP contribution in [0.1, 0.15) is 12.5 Å². The summed E-state index contributed by atoms with van der Waals surface area (Å²) in [5, 5.41) is 3.37. The molecule has 0 amide bonds. The molecule has 8 heteroatoms. The molecule has 0 saturated carbocycles. The minimum Gasteiger partial charge on any atom is -0.497 e. The van der Waals surface area contributed by atoms with Gasteiger partial charge in [0.1, 0.15) is 5.75 Å². The van der Waals surface area contributed by atoms with Crippen LogP contribution in [0.15, 0.2) is 58.4 Å². The summed E-state index contributed by atoms with van der Waals surface area (Å²) in [6.45, 7) is 6.95. The molecule has 0 radical (unpaired) electrons. The minimum atomic E-state index is -3.18. The van der Waals surface area contributed by atoms with Crippen LogP contribution in [0.2, 0.25) is 0 Å². The van der Waals surface area contributed by atoms with Crippen LogP contribution < -0.4 is 15.0 Å². The topological polar surface area (TPSA) is 74.2 Å². The van der Waals surface area contributed by atoms with Gasteiger partial charge in [-0.2, -0.15) is 0 Å². The van der Waals surface area contributed by atoms with Gasteiger partial charge in [-0.25, -0.2) is 13.4 Å². The second kappa shape index (κ2) is 9.84. The number of nitrogens with zero attached hydrogens (tertiary/aromatic N) is 3. The summed E-state index contributed by atoms with van der Waals surface area (Å²) in [6.07, 6.45) is 1.22. The largest absolute Gasteiger partial charge is 0.497 e. The van der Waals surface area contributed by atoms with Crippen molar-refractivity contribution in [2.75, 3.05) is 51.0 Å². The number of benzene rings is 2. The van der Waals surface area contributed by atoms with Gasteiger partial charge in [0.2, 0.25) is 0 Å². The van der Waals surface area contributed by atoms with Crippen molar-refractivity contribution in [2.24, 2.45) is 4.99 Å². The van der Waals surface area contributed by atoms with Crippen LogP contribution in [0.25, 0.3) is 0 Å². The second-order valence-electron chi connectivity index (χ2n) is 7.26. The van der Waals surface area contributed by atoms with E-state index in [1.54, 1.807) is 19.2 Å². The Morgan fingerprint density at radius 1 is 1.03 bits per heavy atom. The van der Waals surface area contributed by atoms with Crippen LogP contribution in [0, 0.1) is 0 Å². The lowest BCUT2D eigenvalue weighted by Gasteiger charge is -2.37. The Balaban J connectivity index is 1.62. The molecule has 30 heavy (non-hydrogen) atoms. The molecule has 1 heterocycles. The van der Waals surface area contributed by atoms with Crippen molar-refractivity contribution >= 4 is 21.5 Å². The molecule has 162 valence electrons. The van der Waals surface area contributed by atoms with Gasteiger partial charge in [0.25, 0.3) is 0 Å². The number of guanidine groups is 1. The summed E-state index contributed by atoms with van der Waals surface area (Å²) < 4.78 is 28.5. The number of hydrogen-bond donors (Lipinski definition) is 1. The summed E-state index contributed by atoms with van der Waals surface area (Å²) in [6, 6.07) is 15.1. The van der Waals surface area contributed by atoms with Crippen LogP contribution in [0.4, 0.5) is 5.69 Å². The summed E-state index contributed by atoms with van der Waals surface area (Å²) in [7, 11) is -1.50. The molecule has 0 aliphatic carbocycles. The molecule has 2 aromatic carbocycles. The smallest absolute Gasteiger partial charge is 0.194 e. The summed E-state index contributed by atoms with van der Waals surface area (Å²) >= 11 is 0. The number of methoxy groups -OCH3 is 1. The molecule has 1 aliphatic rings. The molecule has 7 nitrogen and oxygen atoms in total. The minimum absolute atomic E-state index is 0.330. The summed E-state index contributed by atoms with van der Waals surface area (Å²) in [4.78, 5) is 9.73. The highest BCUT2D eigenvalue weighted by Gasteiger charge is 2.20.